The Morgan fingerprint density at radius 3 is 2.82 bits per heavy atom. The summed E-state index contributed by atoms with van der Waals surface area (Å²) in [6.45, 7) is 5.32. The number of carbonyl (C=O) groups is 1. The minimum atomic E-state index is -0.686. The van der Waals surface area contributed by atoms with Crippen molar-refractivity contribution in [1.29, 1.82) is 0 Å². The number of aromatic nitrogens is 5. The van der Waals surface area contributed by atoms with Gasteiger partial charge in [0.15, 0.2) is 11.5 Å². The monoisotopic (exact) mass is 302 g/mol. The van der Waals surface area contributed by atoms with Gasteiger partial charge in [0.1, 0.15) is 11.5 Å². The summed E-state index contributed by atoms with van der Waals surface area (Å²) in [5.41, 5.74) is 1.01. The lowest BCUT2D eigenvalue weighted by molar-refractivity contribution is 0.0929. The molecule has 8 heteroatoms. The molecule has 0 saturated carbocycles. The van der Waals surface area contributed by atoms with Crippen LogP contribution < -0.4 is 5.32 Å². The van der Waals surface area contributed by atoms with E-state index in [1.165, 1.54) is 4.40 Å². The summed E-state index contributed by atoms with van der Waals surface area (Å²) in [7, 11) is 0. The number of fused-ring (bicyclic) bond motifs is 1. The molecule has 0 aromatic carbocycles. The number of rotatable bonds is 3. The lowest BCUT2D eigenvalue weighted by Gasteiger charge is -2.08. The second kappa shape index (κ2) is 5.21. The summed E-state index contributed by atoms with van der Waals surface area (Å²) in [6.07, 6.45) is 1.59. The quantitative estimate of drug-likeness (QED) is 0.771. The number of aromatic amines is 1. The molecule has 2 N–H and O–H groups in total. The molecule has 0 unspecified atom stereocenters. The summed E-state index contributed by atoms with van der Waals surface area (Å²) in [5.74, 6) is -0.209. The van der Waals surface area contributed by atoms with Gasteiger partial charge in [-0.15, -0.1) is 0 Å². The predicted octanol–water partition coefficient (Wildman–Crippen LogP) is 1.70. The second-order valence-electron chi connectivity index (χ2n) is 5.16. The van der Waals surface area contributed by atoms with Crippen LogP contribution in [0.5, 0.6) is 0 Å². The predicted molar refractivity (Wildman–Crippen MR) is 76.9 cm³/mol. The van der Waals surface area contributed by atoms with Gasteiger partial charge in [-0.25, -0.2) is 9.97 Å². The van der Waals surface area contributed by atoms with Crippen molar-refractivity contribution in [1.82, 2.24) is 29.9 Å². The highest BCUT2D eigenvalue weighted by Crippen LogP contribution is 2.14. The van der Waals surface area contributed by atoms with Crippen LogP contribution in [0.15, 0.2) is 18.3 Å². The Balaban J connectivity index is 1.87. The average Bonchev–Trinajstić information content (AvgIpc) is 3.04. The molecule has 1 atom stereocenters. The van der Waals surface area contributed by atoms with Crippen molar-refractivity contribution >= 4 is 11.6 Å². The highest BCUT2D eigenvalue weighted by molar-refractivity contribution is 5.93. The number of halogens is 1. The molecular formula is C14H15FN6O. The van der Waals surface area contributed by atoms with Crippen molar-refractivity contribution in [2.45, 2.75) is 26.8 Å². The van der Waals surface area contributed by atoms with Crippen molar-refractivity contribution in [3.63, 3.8) is 0 Å². The number of nitrogens with one attached hydrogen (secondary N) is 2. The van der Waals surface area contributed by atoms with Gasteiger partial charge in [-0.3, -0.25) is 14.3 Å². The fourth-order valence-electron chi connectivity index (χ4n) is 2.15. The largest absolute Gasteiger partial charge is 0.341 e. The van der Waals surface area contributed by atoms with E-state index >= 15 is 0 Å². The number of hydrogen-bond donors (Lipinski definition) is 2. The van der Waals surface area contributed by atoms with Crippen LogP contribution in [0.1, 0.15) is 40.7 Å². The molecule has 3 aromatic rings. The zero-order valence-corrected chi connectivity index (χ0v) is 12.4. The van der Waals surface area contributed by atoms with Crippen LogP contribution in [0.25, 0.3) is 5.65 Å². The SMILES string of the molecule is Cc1ccc2nc(C(=O)N[C@H](C)c3n[nH]c(C)n3)c(F)n2c1. The number of nitrogens with zero attached hydrogens (tertiary/aromatic N) is 4. The first-order valence-electron chi connectivity index (χ1n) is 6.79. The molecule has 3 heterocycles. The smallest absolute Gasteiger partial charge is 0.275 e. The number of hydrogen-bond acceptors (Lipinski definition) is 4. The third-order valence-corrected chi connectivity index (χ3v) is 3.27. The van der Waals surface area contributed by atoms with Gasteiger partial charge in [-0.05, 0) is 32.4 Å². The Kier molecular flexibility index (Phi) is 3.36. The molecule has 0 aliphatic heterocycles. The van der Waals surface area contributed by atoms with E-state index in [-0.39, 0.29) is 5.69 Å². The van der Waals surface area contributed by atoms with E-state index in [0.29, 0.717) is 17.3 Å². The van der Waals surface area contributed by atoms with Gasteiger partial charge in [0.2, 0.25) is 5.95 Å². The number of carbonyl (C=O) groups excluding carboxylic acids is 1. The van der Waals surface area contributed by atoms with E-state index in [9.17, 15) is 9.18 Å². The van der Waals surface area contributed by atoms with Crippen molar-refractivity contribution in [2.75, 3.05) is 0 Å². The summed E-state index contributed by atoms with van der Waals surface area (Å²) >= 11 is 0. The first kappa shape index (κ1) is 14.2. The normalized spacial score (nSPS) is 12.5. The van der Waals surface area contributed by atoms with Crippen LogP contribution in [-0.2, 0) is 0 Å². The van der Waals surface area contributed by atoms with E-state index in [2.05, 4.69) is 25.5 Å². The van der Waals surface area contributed by atoms with Crippen LogP contribution in [0.3, 0.4) is 0 Å². The van der Waals surface area contributed by atoms with E-state index < -0.39 is 17.9 Å². The van der Waals surface area contributed by atoms with E-state index in [4.69, 9.17) is 0 Å². The first-order chi connectivity index (χ1) is 10.5. The van der Waals surface area contributed by atoms with Crippen LogP contribution >= 0.6 is 0 Å². The van der Waals surface area contributed by atoms with Gasteiger partial charge in [-0.1, -0.05) is 6.07 Å². The fourth-order valence-corrected chi connectivity index (χ4v) is 2.15. The van der Waals surface area contributed by atoms with Crippen molar-refractivity contribution in [3.8, 4) is 0 Å². The Hall–Kier alpha value is -2.77. The number of pyridine rings is 1. The van der Waals surface area contributed by atoms with Gasteiger partial charge < -0.3 is 5.32 Å². The van der Waals surface area contributed by atoms with E-state index in [1.807, 2.05) is 13.0 Å². The molecule has 0 saturated heterocycles. The molecule has 114 valence electrons. The van der Waals surface area contributed by atoms with Crippen LogP contribution in [0, 0.1) is 19.8 Å². The van der Waals surface area contributed by atoms with Gasteiger partial charge in [0.25, 0.3) is 5.91 Å². The lowest BCUT2D eigenvalue weighted by Crippen LogP contribution is -2.28. The molecule has 0 aliphatic carbocycles. The number of imidazole rings is 1. The number of aryl methyl sites for hydroxylation is 2. The topological polar surface area (TPSA) is 88.0 Å². The van der Waals surface area contributed by atoms with Crippen LogP contribution in [0.4, 0.5) is 4.39 Å². The third kappa shape index (κ3) is 2.43. The molecule has 0 radical (unpaired) electrons. The molecule has 3 aromatic heterocycles. The standard InChI is InChI=1S/C14H15FN6O/c1-7-4-5-10-18-11(12(15)21(10)6-7)14(22)16-8(2)13-17-9(3)19-20-13/h4-6,8H,1-3H3,(H,16,22)(H,17,19,20)/t8-/m1/s1. The highest BCUT2D eigenvalue weighted by atomic mass is 19.1. The molecule has 0 bridgehead atoms. The van der Waals surface area contributed by atoms with Crippen LogP contribution in [-0.4, -0.2) is 30.5 Å². The molecular weight excluding hydrogens is 287 g/mol. The zero-order chi connectivity index (χ0) is 15.9. The van der Waals surface area contributed by atoms with Crippen LogP contribution in [0.2, 0.25) is 0 Å². The van der Waals surface area contributed by atoms with Gasteiger partial charge in [0, 0.05) is 6.20 Å². The minimum Gasteiger partial charge on any atom is -0.341 e. The Labute approximate surface area is 125 Å². The third-order valence-electron chi connectivity index (χ3n) is 3.27. The maximum atomic E-state index is 14.3. The lowest BCUT2D eigenvalue weighted by atomic mass is 10.3. The van der Waals surface area contributed by atoms with Gasteiger partial charge in [-0.2, -0.15) is 9.49 Å². The number of amides is 1. The van der Waals surface area contributed by atoms with E-state index in [0.717, 1.165) is 5.56 Å². The first-order valence-corrected chi connectivity index (χ1v) is 6.79. The maximum absolute atomic E-state index is 14.3. The Bertz CT molecular complexity index is 852. The molecule has 3 rings (SSSR count). The van der Waals surface area contributed by atoms with Gasteiger partial charge >= 0.3 is 0 Å². The Morgan fingerprint density at radius 1 is 1.36 bits per heavy atom. The molecule has 1 amide bonds. The van der Waals surface area contributed by atoms with Gasteiger partial charge in [0.05, 0.1) is 6.04 Å². The molecule has 0 spiro atoms. The molecule has 0 aliphatic rings. The highest BCUT2D eigenvalue weighted by Gasteiger charge is 2.22. The van der Waals surface area contributed by atoms with E-state index in [1.54, 1.807) is 26.1 Å². The summed E-state index contributed by atoms with van der Waals surface area (Å²) in [6, 6.07) is 3.02. The maximum Gasteiger partial charge on any atom is 0.275 e. The summed E-state index contributed by atoms with van der Waals surface area (Å²) in [5, 5.41) is 9.31. The second-order valence-corrected chi connectivity index (χ2v) is 5.16. The summed E-state index contributed by atoms with van der Waals surface area (Å²) in [4.78, 5) is 20.4. The molecule has 0 fully saturated rings. The molecule has 7 nitrogen and oxygen atoms in total. The van der Waals surface area contributed by atoms with Crippen molar-refractivity contribution < 1.29 is 9.18 Å². The molecule has 22 heavy (non-hydrogen) atoms. The van der Waals surface area contributed by atoms with Crippen molar-refractivity contribution in [3.05, 3.63) is 47.2 Å². The number of H-pyrrole nitrogens is 1. The Morgan fingerprint density at radius 2 is 2.14 bits per heavy atom. The van der Waals surface area contributed by atoms with Crippen molar-refractivity contribution in [2.24, 2.45) is 0 Å². The summed E-state index contributed by atoms with van der Waals surface area (Å²) < 4.78 is 15.6. The average molecular weight is 302 g/mol. The fraction of sp³-hybridized carbons (Fsp3) is 0.286. The zero-order valence-electron chi connectivity index (χ0n) is 12.4. The minimum absolute atomic E-state index is 0.246.